The fourth-order valence-electron chi connectivity index (χ4n) is 2.54. The molecule has 1 unspecified atom stereocenters. The lowest BCUT2D eigenvalue weighted by molar-refractivity contribution is -0.169. The number of likely N-dealkylation sites (tertiary alicyclic amines) is 1. The molecule has 4 N–H and O–H groups in total. The van der Waals surface area contributed by atoms with E-state index in [1.165, 1.54) is 13.2 Å². The number of nitrogen functional groups attached to an aromatic ring is 1. The molecule has 2 atom stereocenters. The molecule has 112 valence electrons. The Morgan fingerprint density at radius 2 is 2.38 bits per heavy atom. The van der Waals surface area contributed by atoms with Crippen LogP contribution in [-0.4, -0.2) is 52.4 Å². The zero-order valence-electron chi connectivity index (χ0n) is 11.4. The number of aliphatic hydroxyl groups is 1. The highest BCUT2D eigenvalue weighted by Gasteiger charge is 2.62. The van der Waals surface area contributed by atoms with Gasteiger partial charge in [0.15, 0.2) is 0 Å². The summed E-state index contributed by atoms with van der Waals surface area (Å²) in [5.41, 5.74) is 4.74. The molecule has 1 aliphatic rings. The summed E-state index contributed by atoms with van der Waals surface area (Å²) in [5.74, 6) is -1.02. The maximum Gasteiger partial charge on any atom is 0.324 e. The van der Waals surface area contributed by atoms with Gasteiger partial charge in [0, 0.05) is 13.2 Å². The number of aliphatic hydroxyl groups excluding tert-OH is 1. The number of aldehydes is 1. The monoisotopic (exact) mass is 292 g/mol. The molecule has 1 saturated heterocycles. The van der Waals surface area contributed by atoms with E-state index in [-0.39, 0.29) is 6.42 Å². The second kappa shape index (κ2) is 5.49. The minimum absolute atomic E-state index is 0.193. The normalized spacial score (nSPS) is 24.4. The third-order valence-electron chi connectivity index (χ3n) is 3.70. The van der Waals surface area contributed by atoms with Crippen molar-refractivity contribution in [2.75, 3.05) is 19.4 Å². The number of β-lactam (4-membered cyclic amide) rings is 1. The summed E-state index contributed by atoms with van der Waals surface area (Å²) in [6.07, 6.45) is 2.13. The van der Waals surface area contributed by atoms with Crippen LogP contribution in [-0.2, 0) is 16.0 Å². The number of nitrogens with two attached hydrogens (primary N) is 1. The summed E-state index contributed by atoms with van der Waals surface area (Å²) < 4.78 is 0. The second-order valence-corrected chi connectivity index (χ2v) is 4.84. The largest absolute Gasteiger partial charge is 0.393 e. The molecule has 1 aromatic rings. The molecule has 1 aromatic heterocycles. The maximum absolute atomic E-state index is 12.1. The number of nitrogens with one attached hydrogen (secondary N) is 1. The summed E-state index contributed by atoms with van der Waals surface area (Å²) in [6.45, 7) is -0.624. The summed E-state index contributed by atoms with van der Waals surface area (Å²) >= 11 is 0. The van der Waals surface area contributed by atoms with E-state index in [4.69, 9.17) is 5.73 Å². The van der Waals surface area contributed by atoms with E-state index < -0.39 is 30.0 Å². The van der Waals surface area contributed by atoms with E-state index in [1.54, 1.807) is 12.1 Å². The van der Waals surface area contributed by atoms with E-state index in [9.17, 15) is 19.5 Å². The average Bonchev–Trinajstić information content (AvgIpc) is 2.49. The lowest BCUT2D eigenvalue weighted by Gasteiger charge is -2.51. The standard InChI is InChI=1S/C13H16N4O4/c1-15-12(21)17-11(20)9(13(17,6-18)7-19)4-8-2-3-16-10(14)5-8/h2-3,5-6,9,19H,4,7H2,1H3,(H2,14,16)(H,15,21)/t9-,13?/m0/s1. The van der Waals surface area contributed by atoms with E-state index in [1.807, 2.05) is 0 Å². The number of amides is 3. The van der Waals surface area contributed by atoms with Crippen molar-refractivity contribution in [1.29, 1.82) is 0 Å². The van der Waals surface area contributed by atoms with Gasteiger partial charge in [-0.3, -0.25) is 4.79 Å². The van der Waals surface area contributed by atoms with E-state index in [0.717, 1.165) is 4.90 Å². The summed E-state index contributed by atoms with van der Waals surface area (Å²) in [6, 6.07) is 2.54. The van der Waals surface area contributed by atoms with Crippen molar-refractivity contribution < 1.29 is 19.5 Å². The number of carbonyl (C=O) groups excluding carboxylic acids is 3. The van der Waals surface area contributed by atoms with Gasteiger partial charge >= 0.3 is 6.03 Å². The van der Waals surface area contributed by atoms with Crippen molar-refractivity contribution in [2.45, 2.75) is 12.0 Å². The van der Waals surface area contributed by atoms with Crippen LogP contribution >= 0.6 is 0 Å². The number of aromatic nitrogens is 1. The quantitative estimate of drug-likeness (QED) is 0.479. The van der Waals surface area contributed by atoms with Gasteiger partial charge in [-0.05, 0) is 24.1 Å². The first-order valence-corrected chi connectivity index (χ1v) is 6.33. The lowest BCUT2D eigenvalue weighted by Crippen LogP contribution is -2.76. The molecular formula is C13H16N4O4. The van der Waals surface area contributed by atoms with Crippen molar-refractivity contribution >= 4 is 24.0 Å². The predicted molar refractivity (Wildman–Crippen MR) is 73.0 cm³/mol. The molecule has 2 heterocycles. The molecule has 3 amide bonds. The van der Waals surface area contributed by atoms with Crippen LogP contribution in [0, 0.1) is 5.92 Å². The topological polar surface area (TPSA) is 126 Å². The Bertz CT molecular complexity index is 591. The second-order valence-electron chi connectivity index (χ2n) is 4.84. The highest BCUT2D eigenvalue weighted by atomic mass is 16.3. The van der Waals surface area contributed by atoms with Gasteiger partial charge in [0.05, 0.1) is 12.5 Å². The van der Waals surface area contributed by atoms with Crippen LogP contribution in [0.25, 0.3) is 0 Å². The predicted octanol–water partition coefficient (Wildman–Crippen LogP) is -1.07. The molecule has 1 fully saturated rings. The molecule has 0 radical (unpaired) electrons. The minimum atomic E-state index is -1.53. The molecular weight excluding hydrogens is 276 g/mol. The number of nitrogens with zero attached hydrogens (tertiary/aromatic N) is 2. The van der Waals surface area contributed by atoms with Crippen molar-refractivity contribution in [3.63, 3.8) is 0 Å². The Balaban J connectivity index is 2.29. The molecule has 8 nitrogen and oxygen atoms in total. The van der Waals surface area contributed by atoms with Gasteiger partial charge in [0.2, 0.25) is 5.91 Å². The van der Waals surface area contributed by atoms with Crippen LogP contribution in [0.1, 0.15) is 5.56 Å². The van der Waals surface area contributed by atoms with Crippen molar-refractivity contribution in [3.8, 4) is 0 Å². The number of carbonyl (C=O) groups is 3. The Morgan fingerprint density at radius 1 is 1.67 bits per heavy atom. The number of urea groups is 1. The van der Waals surface area contributed by atoms with Gasteiger partial charge in [-0.25, -0.2) is 14.7 Å². The zero-order chi connectivity index (χ0) is 15.6. The molecule has 0 spiro atoms. The summed E-state index contributed by atoms with van der Waals surface area (Å²) in [4.78, 5) is 39.8. The first-order chi connectivity index (χ1) is 10.00. The molecule has 0 aliphatic carbocycles. The number of rotatable bonds is 4. The molecule has 0 saturated carbocycles. The first kappa shape index (κ1) is 14.9. The highest BCUT2D eigenvalue weighted by molar-refractivity contribution is 6.08. The number of pyridine rings is 1. The van der Waals surface area contributed by atoms with Gasteiger partial charge in [0.25, 0.3) is 0 Å². The summed E-state index contributed by atoms with van der Waals surface area (Å²) in [5, 5.41) is 11.8. The van der Waals surface area contributed by atoms with Gasteiger partial charge < -0.3 is 21.0 Å². The maximum atomic E-state index is 12.1. The molecule has 2 rings (SSSR count). The fourth-order valence-corrected chi connectivity index (χ4v) is 2.54. The van der Waals surface area contributed by atoms with E-state index >= 15 is 0 Å². The molecule has 0 aromatic carbocycles. The molecule has 8 heteroatoms. The van der Waals surface area contributed by atoms with Crippen LogP contribution in [0.5, 0.6) is 0 Å². The molecule has 1 aliphatic heterocycles. The first-order valence-electron chi connectivity index (χ1n) is 6.33. The van der Waals surface area contributed by atoms with Crippen LogP contribution in [0.2, 0.25) is 0 Å². The number of anilines is 1. The fraction of sp³-hybridized carbons (Fsp3) is 0.385. The minimum Gasteiger partial charge on any atom is -0.393 e. The third-order valence-corrected chi connectivity index (χ3v) is 3.70. The Hall–Kier alpha value is -2.48. The zero-order valence-corrected chi connectivity index (χ0v) is 11.4. The third kappa shape index (κ3) is 2.23. The number of imide groups is 1. The number of hydrogen-bond acceptors (Lipinski definition) is 6. The van der Waals surface area contributed by atoms with Crippen molar-refractivity contribution in [3.05, 3.63) is 23.9 Å². The van der Waals surface area contributed by atoms with Gasteiger partial charge in [-0.1, -0.05) is 0 Å². The average molecular weight is 292 g/mol. The van der Waals surface area contributed by atoms with Crippen molar-refractivity contribution in [2.24, 2.45) is 5.92 Å². The molecule has 21 heavy (non-hydrogen) atoms. The van der Waals surface area contributed by atoms with Gasteiger partial charge in [0.1, 0.15) is 17.6 Å². The Kier molecular flexibility index (Phi) is 3.90. The van der Waals surface area contributed by atoms with Crippen LogP contribution < -0.4 is 11.1 Å². The van der Waals surface area contributed by atoms with Gasteiger partial charge in [-0.2, -0.15) is 0 Å². The SMILES string of the molecule is CNC(=O)N1C(=O)[C@H](Cc2ccnc(N)c2)C1(C=O)CO. The Labute approximate surface area is 120 Å². The highest BCUT2D eigenvalue weighted by Crippen LogP contribution is 2.38. The van der Waals surface area contributed by atoms with E-state index in [0.29, 0.717) is 17.7 Å². The number of hydrogen-bond donors (Lipinski definition) is 3. The Morgan fingerprint density at radius 3 is 2.90 bits per heavy atom. The van der Waals surface area contributed by atoms with E-state index in [2.05, 4.69) is 10.3 Å². The van der Waals surface area contributed by atoms with Crippen LogP contribution in [0.4, 0.5) is 10.6 Å². The van der Waals surface area contributed by atoms with Crippen LogP contribution in [0.15, 0.2) is 18.3 Å². The summed E-state index contributed by atoms with van der Waals surface area (Å²) in [7, 11) is 1.35. The molecule has 0 bridgehead atoms. The van der Waals surface area contributed by atoms with Crippen LogP contribution in [0.3, 0.4) is 0 Å². The lowest BCUT2D eigenvalue weighted by atomic mass is 9.71. The smallest absolute Gasteiger partial charge is 0.324 e. The van der Waals surface area contributed by atoms with Gasteiger partial charge in [-0.15, -0.1) is 0 Å². The van der Waals surface area contributed by atoms with Crippen molar-refractivity contribution in [1.82, 2.24) is 15.2 Å².